The minimum Gasteiger partial charge on any atom is -0.457 e. The summed E-state index contributed by atoms with van der Waals surface area (Å²) in [6.45, 7) is 10.9. The number of ether oxygens (including phenoxy) is 2. The van der Waals surface area contributed by atoms with Crippen molar-refractivity contribution in [2.24, 2.45) is 0 Å². The SMILES string of the molecule is C=C(C)CC(=O)Oc1ccc(-c2ccc(COC(=O)C(=C)C)cc2)cc1. The van der Waals surface area contributed by atoms with Crippen molar-refractivity contribution in [3.63, 3.8) is 0 Å². The summed E-state index contributed by atoms with van der Waals surface area (Å²) in [5.74, 6) is -0.215. The van der Waals surface area contributed by atoms with Crippen molar-refractivity contribution in [1.82, 2.24) is 0 Å². The summed E-state index contributed by atoms with van der Waals surface area (Å²) in [5, 5.41) is 0. The molecule has 0 aliphatic rings. The van der Waals surface area contributed by atoms with Gasteiger partial charge < -0.3 is 9.47 Å². The molecule has 26 heavy (non-hydrogen) atoms. The van der Waals surface area contributed by atoms with Crippen LogP contribution in [-0.4, -0.2) is 11.9 Å². The fourth-order valence-corrected chi connectivity index (χ4v) is 2.19. The van der Waals surface area contributed by atoms with Gasteiger partial charge in [-0.2, -0.15) is 0 Å². The van der Waals surface area contributed by atoms with Gasteiger partial charge >= 0.3 is 11.9 Å². The molecule has 0 atom stereocenters. The molecule has 0 aliphatic carbocycles. The van der Waals surface area contributed by atoms with E-state index in [2.05, 4.69) is 13.2 Å². The van der Waals surface area contributed by atoms with Crippen LogP contribution in [0.4, 0.5) is 0 Å². The third kappa shape index (κ3) is 5.74. The first kappa shape index (κ1) is 19.2. The van der Waals surface area contributed by atoms with Gasteiger partial charge in [0.1, 0.15) is 12.4 Å². The second-order valence-corrected chi connectivity index (χ2v) is 6.19. The van der Waals surface area contributed by atoms with Gasteiger partial charge in [-0.1, -0.05) is 55.1 Å². The highest BCUT2D eigenvalue weighted by molar-refractivity contribution is 5.86. The largest absolute Gasteiger partial charge is 0.457 e. The maximum Gasteiger partial charge on any atom is 0.333 e. The van der Waals surface area contributed by atoms with Crippen LogP contribution in [0.2, 0.25) is 0 Å². The Morgan fingerprint density at radius 3 is 1.92 bits per heavy atom. The van der Waals surface area contributed by atoms with Crippen molar-refractivity contribution in [3.05, 3.63) is 78.4 Å². The first-order chi connectivity index (χ1) is 12.3. The van der Waals surface area contributed by atoms with Crippen LogP contribution in [0.3, 0.4) is 0 Å². The number of hydrogen-bond donors (Lipinski definition) is 0. The molecule has 4 heteroatoms. The lowest BCUT2D eigenvalue weighted by atomic mass is 10.0. The standard InChI is InChI=1S/C22H22O4/c1-15(2)13-21(23)26-20-11-9-19(10-12-20)18-7-5-17(6-8-18)14-25-22(24)16(3)4/h5-12H,1,3,13-14H2,2,4H3. The average Bonchev–Trinajstić information content (AvgIpc) is 2.60. The molecule has 2 rings (SSSR count). The Labute approximate surface area is 153 Å². The Hall–Kier alpha value is -3.14. The predicted octanol–water partition coefficient (Wildman–Crippen LogP) is 4.84. The zero-order valence-electron chi connectivity index (χ0n) is 15.1. The number of carbonyl (C=O) groups is 2. The van der Waals surface area contributed by atoms with Crippen molar-refractivity contribution in [2.45, 2.75) is 26.9 Å². The molecule has 0 radical (unpaired) electrons. The Morgan fingerprint density at radius 2 is 1.42 bits per heavy atom. The fraction of sp³-hybridized carbons (Fsp3) is 0.182. The molecular weight excluding hydrogens is 328 g/mol. The highest BCUT2D eigenvalue weighted by Crippen LogP contribution is 2.23. The van der Waals surface area contributed by atoms with E-state index in [1.54, 1.807) is 26.0 Å². The molecule has 0 heterocycles. The highest BCUT2D eigenvalue weighted by Gasteiger charge is 2.06. The van der Waals surface area contributed by atoms with Gasteiger partial charge in [-0.05, 0) is 42.7 Å². The zero-order chi connectivity index (χ0) is 19.1. The van der Waals surface area contributed by atoms with E-state index in [0.29, 0.717) is 11.3 Å². The van der Waals surface area contributed by atoms with E-state index in [9.17, 15) is 9.59 Å². The second-order valence-electron chi connectivity index (χ2n) is 6.19. The molecule has 0 saturated carbocycles. The molecule has 2 aromatic carbocycles. The molecule has 0 N–H and O–H groups in total. The first-order valence-corrected chi connectivity index (χ1v) is 8.22. The summed E-state index contributed by atoms with van der Waals surface area (Å²) < 4.78 is 10.4. The second kappa shape index (κ2) is 8.81. The third-order valence-electron chi connectivity index (χ3n) is 3.54. The lowest BCUT2D eigenvalue weighted by Crippen LogP contribution is -2.07. The lowest BCUT2D eigenvalue weighted by Gasteiger charge is -2.08. The Balaban J connectivity index is 1.98. The lowest BCUT2D eigenvalue weighted by molar-refractivity contribution is -0.140. The molecule has 0 bridgehead atoms. The van der Waals surface area contributed by atoms with Crippen molar-refractivity contribution in [1.29, 1.82) is 0 Å². The van der Waals surface area contributed by atoms with E-state index in [4.69, 9.17) is 9.47 Å². The Bertz CT molecular complexity index is 814. The number of benzene rings is 2. The summed E-state index contributed by atoms with van der Waals surface area (Å²) >= 11 is 0. The summed E-state index contributed by atoms with van der Waals surface area (Å²) in [4.78, 5) is 23.1. The summed E-state index contributed by atoms with van der Waals surface area (Å²) in [5.41, 5.74) is 4.05. The van der Waals surface area contributed by atoms with Crippen LogP contribution in [-0.2, 0) is 20.9 Å². The Morgan fingerprint density at radius 1 is 0.885 bits per heavy atom. The van der Waals surface area contributed by atoms with Gasteiger partial charge in [0.05, 0.1) is 6.42 Å². The molecule has 0 saturated heterocycles. The third-order valence-corrected chi connectivity index (χ3v) is 3.54. The van der Waals surface area contributed by atoms with Crippen LogP contribution in [0.15, 0.2) is 72.8 Å². The average molecular weight is 350 g/mol. The van der Waals surface area contributed by atoms with Crippen LogP contribution in [0.5, 0.6) is 5.75 Å². The van der Waals surface area contributed by atoms with Gasteiger partial charge in [0.25, 0.3) is 0 Å². The molecule has 0 fully saturated rings. The molecule has 0 spiro atoms. The first-order valence-electron chi connectivity index (χ1n) is 8.22. The molecule has 134 valence electrons. The number of carbonyl (C=O) groups excluding carboxylic acids is 2. The molecular formula is C22H22O4. The van der Waals surface area contributed by atoms with Gasteiger partial charge in [0.2, 0.25) is 0 Å². The highest BCUT2D eigenvalue weighted by atomic mass is 16.5. The van der Waals surface area contributed by atoms with E-state index >= 15 is 0 Å². The number of hydrogen-bond acceptors (Lipinski definition) is 4. The van der Waals surface area contributed by atoms with Crippen molar-refractivity contribution in [2.75, 3.05) is 0 Å². The minimum absolute atomic E-state index is 0.208. The summed E-state index contributed by atoms with van der Waals surface area (Å²) in [7, 11) is 0. The van der Waals surface area contributed by atoms with Crippen molar-refractivity contribution >= 4 is 11.9 Å². The fourth-order valence-electron chi connectivity index (χ4n) is 2.19. The van der Waals surface area contributed by atoms with Crippen LogP contribution in [0.1, 0.15) is 25.8 Å². The monoisotopic (exact) mass is 350 g/mol. The summed E-state index contributed by atoms with van der Waals surface area (Å²) in [6, 6.07) is 15.0. The predicted molar refractivity (Wildman–Crippen MR) is 102 cm³/mol. The van der Waals surface area contributed by atoms with Crippen LogP contribution in [0, 0.1) is 0 Å². The topological polar surface area (TPSA) is 52.6 Å². The van der Waals surface area contributed by atoms with Gasteiger partial charge in [-0.15, -0.1) is 0 Å². The molecule has 0 amide bonds. The molecule has 2 aromatic rings. The van der Waals surface area contributed by atoms with Crippen LogP contribution < -0.4 is 4.74 Å². The molecule has 4 nitrogen and oxygen atoms in total. The zero-order valence-corrected chi connectivity index (χ0v) is 15.1. The summed E-state index contributed by atoms with van der Waals surface area (Å²) in [6.07, 6.45) is 0.208. The van der Waals surface area contributed by atoms with E-state index in [1.165, 1.54) is 0 Å². The van der Waals surface area contributed by atoms with Gasteiger partial charge in [-0.25, -0.2) is 4.79 Å². The minimum atomic E-state index is -0.397. The van der Waals surface area contributed by atoms with E-state index in [-0.39, 0.29) is 19.0 Å². The van der Waals surface area contributed by atoms with E-state index in [0.717, 1.165) is 22.3 Å². The van der Waals surface area contributed by atoms with Crippen molar-refractivity contribution < 1.29 is 19.1 Å². The number of esters is 2. The maximum atomic E-state index is 11.6. The van der Waals surface area contributed by atoms with Gasteiger partial charge in [0, 0.05) is 5.57 Å². The smallest absolute Gasteiger partial charge is 0.333 e. The van der Waals surface area contributed by atoms with Crippen molar-refractivity contribution in [3.8, 4) is 16.9 Å². The van der Waals surface area contributed by atoms with E-state index in [1.807, 2.05) is 36.4 Å². The van der Waals surface area contributed by atoms with Crippen LogP contribution in [0.25, 0.3) is 11.1 Å². The number of rotatable bonds is 7. The molecule has 0 aliphatic heterocycles. The van der Waals surface area contributed by atoms with Crippen LogP contribution >= 0.6 is 0 Å². The van der Waals surface area contributed by atoms with E-state index < -0.39 is 5.97 Å². The molecule has 0 aromatic heterocycles. The molecule has 0 unspecified atom stereocenters. The maximum absolute atomic E-state index is 11.6. The Kier molecular flexibility index (Phi) is 6.50. The quantitative estimate of drug-likeness (QED) is 0.310. The van der Waals surface area contributed by atoms with Gasteiger partial charge in [0.15, 0.2) is 0 Å². The van der Waals surface area contributed by atoms with Gasteiger partial charge in [-0.3, -0.25) is 4.79 Å². The normalized spacial score (nSPS) is 10.1.